The number of benzene rings is 1. The first-order valence-corrected chi connectivity index (χ1v) is 6.48. The van der Waals surface area contributed by atoms with E-state index in [0.717, 1.165) is 12.0 Å². The predicted molar refractivity (Wildman–Crippen MR) is 71.9 cm³/mol. The number of rotatable bonds is 6. The minimum atomic E-state index is -0.366. The van der Waals surface area contributed by atoms with Crippen LogP contribution < -0.4 is 4.74 Å². The minimum absolute atomic E-state index is 0.0591. The molecule has 0 N–H and O–H groups in total. The van der Waals surface area contributed by atoms with E-state index in [2.05, 4.69) is 0 Å². The van der Waals surface area contributed by atoms with Gasteiger partial charge in [-0.25, -0.2) is 0 Å². The first-order valence-electron chi connectivity index (χ1n) is 6.48. The van der Waals surface area contributed by atoms with Crippen molar-refractivity contribution in [3.8, 4) is 5.75 Å². The highest BCUT2D eigenvalue weighted by Crippen LogP contribution is 2.20. The molecule has 0 bridgehead atoms. The van der Waals surface area contributed by atoms with Crippen molar-refractivity contribution in [1.29, 1.82) is 0 Å². The average Bonchev–Trinajstić information content (AvgIpc) is 2.37. The number of para-hydroxylation sites is 1. The zero-order valence-electron chi connectivity index (χ0n) is 11.6. The Hall–Kier alpha value is -1.84. The molecule has 0 aliphatic heterocycles. The fourth-order valence-corrected chi connectivity index (χ4v) is 1.57. The van der Waals surface area contributed by atoms with Gasteiger partial charge >= 0.3 is 11.9 Å². The highest BCUT2D eigenvalue weighted by molar-refractivity contribution is 5.71. The molecule has 104 valence electrons. The second-order valence-corrected chi connectivity index (χ2v) is 4.41. The van der Waals surface area contributed by atoms with Gasteiger partial charge in [0.05, 0.1) is 6.10 Å². The molecular formula is C15H20O4. The minimum Gasteiger partial charge on any atom is -0.463 e. The summed E-state index contributed by atoms with van der Waals surface area (Å²) in [6.07, 6.45) is 1.52. The molecule has 0 radical (unpaired) electrons. The summed E-state index contributed by atoms with van der Waals surface area (Å²) in [4.78, 5) is 22.6. The van der Waals surface area contributed by atoms with E-state index in [9.17, 15) is 9.59 Å². The third-order valence-electron chi connectivity index (χ3n) is 2.73. The van der Waals surface area contributed by atoms with E-state index in [1.165, 1.54) is 6.92 Å². The van der Waals surface area contributed by atoms with Gasteiger partial charge in [-0.1, -0.05) is 25.1 Å². The van der Waals surface area contributed by atoms with Crippen molar-refractivity contribution in [3.63, 3.8) is 0 Å². The predicted octanol–water partition coefficient (Wildman–Crippen LogP) is 2.89. The quantitative estimate of drug-likeness (QED) is 0.585. The maximum Gasteiger partial charge on any atom is 0.308 e. The van der Waals surface area contributed by atoms with Crippen LogP contribution in [-0.2, 0) is 20.7 Å². The van der Waals surface area contributed by atoms with E-state index in [1.54, 1.807) is 12.1 Å². The largest absolute Gasteiger partial charge is 0.463 e. The number of aryl methyl sites for hydroxylation is 1. The van der Waals surface area contributed by atoms with Crippen molar-refractivity contribution in [3.05, 3.63) is 29.8 Å². The zero-order valence-corrected chi connectivity index (χ0v) is 11.6. The Labute approximate surface area is 113 Å². The summed E-state index contributed by atoms with van der Waals surface area (Å²) in [5, 5.41) is 0. The number of carbonyl (C=O) groups excluding carboxylic acids is 2. The molecule has 0 amide bonds. The second kappa shape index (κ2) is 7.56. The van der Waals surface area contributed by atoms with Gasteiger partial charge < -0.3 is 9.47 Å². The smallest absolute Gasteiger partial charge is 0.308 e. The molecule has 1 rings (SSSR count). The Bertz CT molecular complexity index is 440. The van der Waals surface area contributed by atoms with Crippen molar-refractivity contribution in [2.75, 3.05) is 0 Å². The highest BCUT2D eigenvalue weighted by atomic mass is 16.5. The molecule has 19 heavy (non-hydrogen) atoms. The summed E-state index contributed by atoms with van der Waals surface area (Å²) in [5.74, 6) is -0.0899. The fraction of sp³-hybridized carbons (Fsp3) is 0.467. The van der Waals surface area contributed by atoms with Crippen molar-refractivity contribution in [1.82, 2.24) is 0 Å². The summed E-state index contributed by atoms with van der Waals surface area (Å²) in [6.45, 7) is 5.19. The molecule has 0 saturated carbocycles. The Kier molecular flexibility index (Phi) is 6.06. The molecular weight excluding hydrogens is 244 g/mol. The SMILES string of the molecule is CCC(C)OC(=O)CCc1ccccc1OC(C)=O. The van der Waals surface area contributed by atoms with Crippen LogP contribution >= 0.6 is 0 Å². The Morgan fingerprint density at radius 2 is 1.95 bits per heavy atom. The molecule has 4 heteroatoms. The Morgan fingerprint density at radius 1 is 1.26 bits per heavy atom. The number of ether oxygens (including phenoxy) is 2. The van der Waals surface area contributed by atoms with E-state index in [-0.39, 0.29) is 24.5 Å². The Morgan fingerprint density at radius 3 is 2.58 bits per heavy atom. The van der Waals surface area contributed by atoms with Gasteiger partial charge in [-0.3, -0.25) is 9.59 Å². The van der Waals surface area contributed by atoms with E-state index in [0.29, 0.717) is 12.2 Å². The number of carbonyl (C=O) groups is 2. The van der Waals surface area contributed by atoms with Crippen LogP contribution in [-0.4, -0.2) is 18.0 Å². The monoisotopic (exact) mass is 264 g/mol. The normalized spacial score (nSPS) is 11.7. The molecule has 0 aromatic heterocycles. The lowest BCUT2D eigenvalue weighted by atomic mass is 10.1. The molecule has 0 spiro atoms. The van der Waals surface area contributed by atoms with Gasteiger partial charge in [-0.2, -0.15) is 0 Å². The lowest BCUT2D eigenvalue weighted by Crippen LogP contribution is -2.14. The molecule has 0 saturated heterocycles. The lowest BCUT2D eigenvalue weighted by Gasteiger charge is -2.11. The van der Waals surface area contributed by atoms with Crippen LogP contribution in [0.15, 0.2) is 24.3 Å². The molecule has 0 fully saturated rings. The summed E-state index contributed by atoms with van der Waals surface area (Å²) in [7, 11) is 0. The topological polar surface area (TPSA) is 52.6 Å². The van der Waals surface area contributed by atoms with Crippen LogP contribution in [0.1, 0.15) is 39.2 Å². The lowest BCUT2D eigenvalue weighted by molar-refractivity contribution is -0.148. The van der Waals surface area contributed by atoms with Gasteiger partial charge in [0, 0.05) is 13.3 Å². The number of esters is 2. The third-order valence-corrected chi connectivity index (χ3v) is 2.73. The zero-order chi connectivity index (χ0) is 14.3. The van der Waals surface area contributed by atoms with E-state index < -0.39 is 0 Å². The molecule has 1 unspecified atom stereocenters. The van der Waals surface area contributed by atoms with Gasteiger partial charge in [-0.05, 0) is 31.4 Å². The summed E-state index contributed by atoms with van der Waals surface area (Å²) < 4.78 is 10.3. The second-order valence-electron chi connectivity index (χ2n) is 4.41. The van der Waals surface area contributed by atoms with Crippen molar-refractivity contribution < 1.29 is 19.1 Å². The number of hydrogen-bond donors (Lipinski definition) is 0. The maximum absolute atomic E-state index is 11.6. The van der Waals surface area contributed by atoms with Gasteiger partial charge in [-0.15, -0.1) is 0 Å². The summed E-state index contributed by atoms with van der Waals surface area (Å²) in [5.41, 5.74) is 0.832. The molecule has 1 aromatic rings. The average molecular weight is 264 g/mol. The van der Waals surface area contributed by atoms with E-state index in [1.807, 2.05) is 26.0 Å². The van der Waals surface area contributed by atoms with Crippen LogP contribution in [0.2, 0.25) is 0 Å². The van der Waals surface area contributed by atoms with Gasteiger partial charge in [0.2, 0.25) is 0 Å². The van der Waals surface area contributed by atoms with Gasteiger partial charge in [0.25, 0.3) is 0 Å². The molecule has 1 aromatic carbocycles. The van der Waals surface area contributed by atoms with E-state index >= 15 is 0 Å². The van der Waals surface area contributed by atoms with Crippen LogP contribution in [0.25, 0.3) is 0 Å². The van der Waals surface area contributed by atoms with E-state index in [4.69, 9.17) is 9.47 Å². The number of hydrogen-bond acceptors (Lipinski definition) is 4. The van der Waals surface area contributed by atoms with Crippen LogP contribution in [0.4, 0.5) is 0 Å². The standard InChI is InChI=1S/C15H20O4/c1-4-11(2)18-15(17)10-9-13-7-5-6-8-14(13)19-12(3)16/h5-8,11H,4,9-10H2,1-3H3. The highest BCUT2D eigenvalue weighted by Gasteiger charge is 2.11. The van der Waals surface area contributed by atoms with Crippen LogP contribution in [0, 0.1) is 0 Å². The van der Waals surface area contributed by atoms with Crippen molar-refractivity contribution >= 4 is 11.9 Å². The maximum atomic E-state index is 11.6. The summed E-state index contributed by atoms with van der Waals surface area (Å²) >= 11 is 0. The first-order chi connectivity index (χ1) is 9.02. The fourth-order valence-electron chi connectivity index (χ4n) is 1.57. The van der Waals surface area contributed by atoms with Gasteiger partial charge in [0.15, 0.2) is 0 Å². The molecule has 1 atom stereocenters. The summed E-state index contributed by atoms with van der Waals surface area (Å²) in [6, 6.07) is 7.20. The van der Waals surface area contributed by atoms with Crippen molar-refractivity contribution in [2.45, 2.75) is 46.1 Å². The molecule has 4 nitrogen and oxygen atoms in total. The molecule has 0 aliphatic carbocycles. The molecule has 0 heterocycles. The Balaban J connectivity index is 2.57. The van der Waals surface area contributed by atoms with Gasteiger partial charge in [0.1, 0.15) is 5.75 Å². The first kappa shape index (κ1) is 15.2. The van der Waals surface area contributed by atoms with Crippen LogP contribution in [0.3, 0.4) is 0 Å². The third kappa shape index (κ3) is 5.55. The molecule has 0 aliphatic rings. The van der Waals surface area contributed by atoms with Crippen LogP contribution in [0.5, 0.6) is 5.75 Å². The van der Waals surface area contributed by atoms with Crippen molar-refractivity contribution in [2.24, 2.45) is 0 Å².